The van der Waals surface area contributed by atoms with Gasteiger partial charge >= 0.3 is 5.97 Å². The molecule has 0 unspecified atom stereocenters. The standard InChI is InChI=1S/C20H28O5/c1-13(2)6-4-7-14(3)9-10-16-17(22)12-15(8-5-11-21)18(19(16)23)20(24)25/h6,9,12,21-23H,4-5,7-8,10-11H2,1-3H3,(H,24,25)/b14-9+. The van der Waals surface area contributed by atoms with Crippen molar-refractivity contribution in [3.05, 3.63) is 46.1 Å². The fourth-order valence-corrected chi connectivity index (χ4v) is 2.62. The van der Waals surface area contributed by atoms with Crippen LogP contribution in [0.4, 0.5) is 0 Å². The number of carboxylic acid groups (broad SMARTS) is 1. The Morgan fingerprint density at radius 1 is 1.16 bits per heavy atom. The summed E-state index contributed by atoms with van der Waals surface area (Å²) in [5.41, 5.74) is 2.71. The number of carbonyl (C=O) groups is 1. The summed E-state index contributed by atoms with van der Waals surface area (Å²) in [6, 6.07) is 1.38. The van der Waals surface area contributed by atoms with E-state index in [1.165, 1.54) is 11.6 Å². The molecule has 4 N–H and O–H groups in total. The summed E-state index contributed by atoms with van der Waals surface area (Å²) in [6.45, 7) is 5.97. The van der Waals surface area contributed by atoms with Gasteiger partial charge in [0.1, 0.15) is 17.1 Å². The average Bonchev–Trinajstić information content (AvgIpc) is 2.51. The van der Waals surface area contributed by atoms with Gasteiger partial charge in [0.2, 0.25) is 0 Å². The minimum absolute atomic E-state index is 0.0874. The van der Waals surface area contributed by atoms with E-state index in [1.54, 1.807) is 0 Å². The second kappa shape index (κ2) is 9.89. The maximum absolute atomic E-state index is 11.5. The van der Waals surface area contributed by atoms with E-state index < -0.39 is 11.7 Å². The normalized spacial score (nSPS) is 11.4. The van der Waals surface area contributed by atoms with Gasteiger partial charge in [-0.1, -0.05) is 23.3 Å². The molecule has 0 fully saturated rings. The van der Waals surface area contributed by atoms with Gasteiger partial charge in [0, 0.05) is 12.2 Å². The number of aryl methyl sites for hydroxylation is 1. The van der Waals surface area contributed by atoms with Gasteiger partial charge in [0.15, 0.2) is 0 Å². The van der Waals surface area contributed by atoms with Crippen LogP contribution in [0.3, 0.4) is 0 Å². The molecule has 0 radical (unpaired) electrons. The minimum atomic E-state index is -1.24. The number of hydrogen-bond donors (Lipinski definition) is 4. The van der Waals surface area contributed by atoms with Crippen molar-refractivity contribution < 1.29 is 25.2 Å². The summed E-state index contributed by atoms with van der Waals surface area (Å²) in [5, 5.41) is 38.8. The monoisotopic (exact) mass is 348 g/mol. The first-order valence-electron chi connectivity index (χ1n) is 8.47. The molecule has 0 amide bonds. The van der Waals surface area contributed by atoms with Crippen molar-refractivity contribution in [2.75, 3.05) is 6.61 Å². The van der Waals surface area contributed by atoms with E-state index in [2.05, 4.69) is 6.08 Å². The molecule has 5 nitrogen and oxygen atoms in total. The molecule has 5 heteroatoms. The number of allylic oxidation sites excluding steroid dienone is 4. The van der Waals surface area contributed by atoms with E-state index in [-0.39, 0.29) is 36.3 Å². The van der Waals surface area contributed by atoms with Crippen LogP contribution in [-0.4, -0.2) is 33.0 Å². The highest BCUT2D eigenvalue weighted by Crippen LogP contribution is 2.35. The first-order chi connectivity index (χ1) is 11.8. The van der Waals surface area contributed by atoms with Crippen molar-refractivity contribution in [3.8, 4) is 11.5 Å². The van der Waals surface area contributed by atoms with Crippen LogP contribution < -0.4 is 0 Å². The second-order valence-electron chi connectivity index (χ2n) is 6.46. The number of hydrogen-bond acceptors (Lipinski definition) is 4. The van der Waals surface area contributed by atoms with Crippen LogP contribution >= 0.6 is 0 Å². The second-order valence-corrected chi connectivity index (χ2v) is 6.46. The van der Waals surface area contributed by atoms with Crippen LogP contribution in [0.25, 0.3) is 0 Å². The highest BCUT2D eigenvalue weighted by Gasteiger charge is 2.21. The molecule has 0 aliphatic carbocycles. The molecular formula is C20H28O5. The Balaban J connectivity index is 3.05. The number of phenols is 2. The molecule has 25 heavy (non-hydrogen) atoms. The van der Waals surface area contributed by atoms with Crippen LogP contribution in [0.1, 0.15) is 61.5 Å². The summed E-state index contributed by atoms with van der Waals surface area (Å²) in [5.74, 6) is -1.76. The largest absolute Gasteiger partial charge is 0.508 e. The summed E-state index contributed by atoms with van der Waals surface area (Å²) in [4.78, 5) is 11.5. The minimum Gasteiger partial charge on any atom is -0.508 e. The fraction of sp³-hybridized carbons (Fsp3) is 0.450. The van der Waals surface area contributed by atoms with Gasteiger partial charge < -0.3 is 20.4 Å². The Morgan fingerprint density at radius 2 is 1.84 bits per heavy atom. The Morgan fingerprint density at radius 3 is 2.40 bits per heavy atom. The van der Waals surface area contributed by atoms with Gasteiger partial charge in [-0.3, -0.25) is 0 Å². The third-order valence-corrected chi connectivity index (χ3v) is 4.03. The molecule has 0 aliphatic heterocycles. The molecule has 1 aromatic rings. The van der Waals surface area contributed by atoms with Crippen molar-refractivity contribution in [2.24, 2.45) is 0 Å². The van der Waals surface area contributed by atoms with E-state index in [1.807, 2.05) is 26.8 Å². The quantitative estimate of drug-likeness (QED) is 0.507. The van der Waals surface area contributed by atoms with Crippen LogP contribution in [-0.2, 0) is 12.8 Å². The Labute approximate surface area is 148 Å². The number of aromatic carboxylic acids is 1. The molecule has 0 saturated heterocycles. The molecule has 0 heterocycles. The molecule has 0 aliphatic rings. The third kappa shape index (κ3) is 6.27. The predicted molar refractivity (Wildman–Crippen MR) is 98.3 cm³/mol. The lowest BCUT2D eigenvalue weighted by atomic mass is 9.95. The number of phenolic OH excluding ortho intramolecular Hbond substituents is 1. The van der Waals surface area contributed by atoms with E-state index in [4.69, 9.17) is 5.11 Å². The number of benzene rings is 1. The fourth-order valence-electron chi connectivity index (χ4n) is 2.62. The van der Waals surface area contributed by atoms with Gasteiger partial charge in [-0.05, 0) is 64.5 Å². The van der Waals surface area contributed by atoms with Crippen molar-refractivity contribution in [1.29, 1.82) is 0 Å². The van der Waals surface area contributed by atoms with E-state index in [0.29, 0.717) is 12.0 Å². The van der Waals surface area contributed by atoms with Crippen molar-refractivity contribution >= 4 is 5.97 Å². The van der Waals surface area contributed by atoms with Crippen molar-refractivity contribution in [1.82, 2.24) is 0 Å². The van der Waals surface area contributed by atoms with Gasteiger partial charge in [0.25, 0.3) is 0 Å². The molecule has 1 aromatic carbocycles. The van der Waals surface area contributed by atoms with Gasteiger partial charge in [-0.15, -0.1) is 0 Å². The summed E-state index contributed by atoms with van der Waals surface area (Å²) in [7, 11) is 0. The first-order valence-corrected chi connectivity index (χ1v) is 8.47. The third-order valence-electron chi connectivity index (χ3n) is 4.03. The molecule has 0 bridgehead atoms. The number of rotatable bonds is 9. The zero-order valence-electron chi connectivity index (χ0n) is 15.2. The topological polar surface area (TPSA) is 98.0 Å². The van der Waals surface area contributed by atoms with Crippen LogP contribution in [0, 0.1) is 0 Å². The van der Waals surface area contributed by atoms with Crippen LogP contribution in [0.5, 0.6) is 11.5 Å². The highest BCUT2D eigenvalue weighted by atomic mass is 16.4. The lowest BCUT2D eigenvalue weighted by Gasteiger charge is -2.13. The lowest BCUT2D eigenvalue weighted by Crippen LogP contribution is -2.06. The average molecular weight is 348 g/mol. The SMILES string of the molecule is CC(C)=CCC/C(C)=C/Cc1c(O)cc(CCCO)c(C(=O)O)c1O. The first kappa shape index (κ1) is 20.8. The van der Waals surface area contributed by atoms with Crippen molar-refractivity contribution in [2.45, 2.75) is 52.9 Å². The summed E-state index contributed by atoms with van der Waals surface area (Å²) in [6.07, 6.45) is 6.73. The van der Waals surface area contributed by atoms with E-state index in [0.717, 1.165) is 18.4 Å². The maximum Gasteiger partial charge on any atom is 0.339 e. The zero-order chi connectivity index (χ0) is 19.0. The Hall–Kier alpha value is -2.27. The Kier molecular flexibility index (Phi) is 8.22. The Bertz CT molecular complexity index is 667. The summed E-state index contributed by atoms with van der Waals surface area (Å²) < 4.78 is 0. The molecule has 0 saturated carbocycles. The molecule has 0 aromatic heterocycles. The van der Waals surface area contributed by atoms with Crippen LogP contribution in [0.2, 0.25) is 0 Å². The molecular weight excluding hydrogens is 320 g/mol. The summed E-state index contributed by atoms with van der Waals surface area (Å²) >= 11 is 0. The molecule has 0 atom stereocenters. The van der Waals surface area contributed by atoms with Gasteiger partial charge in [-0.2, -0.15) is 0 Å². The number of carboxylic acids is 1. The number of aromatic hydroxyl groups is 2. The smallest absolute Gasteiger partial charge is 0.339 e. The van der Waals surface area contributed by atoms with Gasteiger partial charge in [-0.25, -0.2) is 4.79 Å². The lowest BCUT2D eigenvalue weighted by molar-refractivity contribution is 0.0692. The predicted octanol–water partition coefficient (Wildman–Crippen LogP) is 3.96. The number of aliphatic hydroxyl groups excluding tert-OH is 1. The van der Waals surface area contributed by atoms with E-state index >= 15 is 0 Å². The van der Waals surface area contributed by atoms with Crippen LogP contribution in [0.15, 0.2) is 29.4 Å². The highest BCUT2D eigenvalue weighted by molar-refractivity contribution is 5.93. The van der Waals surface area contributed by atoms with E-state index in [9.17, 15) is 20.1 Å². The van der Waals surface area contributed by atoms with Crippen molar-refractivity contribution in [3.63, 3.8) is 0 Å². The molecule has 0 spiro atoms. The van der Waals surface area contributed by atoms with Gasteiger partial charge in [0.05, 0.1) is 0 Å². The molecule has 1 rings (SSSR count). The molecule has 138 valence electrons. The maximum atomic E-state index is 11.5. The number of aliphatic hydroxyl groups is 1. The zero-order valence-corrected chi connectivity index (χ0v) is 15.2.